The number of aromatic nitrogens is 2. The van der Waals surface area contributed by atoms with Gasteiger partial charge in [-0.15, -0.1) is 10.2 Å². The number of carbonyl (C=O) groups excluding carboxylic acids is 1. The number of anilines is 2. The topological polar surface area (TPSA) is 85.4 Å². The first-order valence-electron chi connectivity index (χ1n) is 7.55. The summed E-state index contributed by atoms with van der Waals surface area (Å²) in [6.45, 7) is 2.21. The zero-order valence-corrected chi connectivity index (χ0v) is 14.1. The Labute approximate surface area is 147 Å². The number of aryl methyl sites for hydroxylation is 1. The number of ether oxygens (including phenoxy) is 2. The molecule has 0 atom stereocenters. The maximum absolute atomic E-state index is 12.0. The van der Waals surface area contributed by atoms with Crippen molar-refractivity contribution in [3.8, 4) is 22.1 Å². The second-order valence-electron chi connectivity index (χ2n) is 5.43. The van der Waals surface area contributed by atoms with Crippen LogP contribution in [0, 0.1) is 6.92 Å². The van der Waals surface area contributed by atoms with E-state index in [9.17, 15) is 4.79 Å². The van der Waals surface area contributed by atoms with Crippen molar-refractivity contribution >= 4 is 28.2 Å². The average molecular weight is 354 g/mol. The van der Waals surface area contributed by atoms with E-state index in [0.717, 1.165) is 11.1 Å². The number of urea groups is 1. The van der Waals surface area contributed by atoms with Crippen LogP contribution in [0.15, 0.2) is 42.5 Å². The fourth-order valence-electron chi connectivity index (χ4n) is 2.32. The minimum atomic E-state index is -0.364. The van der Waals surface area contributed by atoms with Gasteiger partial charge >= 0.3 is 6.03 Å². The molecule has 0 aliphatic carbocycles. The third-order valence-corrected chi connectivity index (χ3v) is 4.46. The van der Waals surface area contributed by atoms with E-state index in [4.69, 9.17) is 9.47 Å². The first-order valence-corrected chi connectivity index (χ1v) is 8.37. The van der Waals surface area contributed by atoms with E-state index in [2.05, 4.69) is 20.8 Å². The number of amides is 2. The molecule has 0 spiro atoms. The van der Waals surface area contributed by atoms with Crippen LogP contribution in [-0.2, 0) is 0 Å². The van der Waals surface area contributed by atoms with Crippen LogP contribution in [0.3, 0.4) is 0 Å². The molecule has 1 aromatic heterocycles. The Hall–Kier alpha value is -3.13. The van der Waals surface area contributed by atoms with Gasteiger partial charge in [0.05, 0.1) is 0 Å². The van der Waals surface area contributed by atoms with Crippen LogP contribution in [-0.4, -0.2) is 23.0 Å². The number of carbonyl (C=O) groups is 1. The summed E-state index contributed by atoms with van der Waals surface area (Å²) in [4.78, 5) is 12.0. The maximum Gasteiger partial charge on any atom is 0.325 e. The number of nitrogens with zero attached hydrogens (tertiary/aromatic N) is 2. The normalized spacial score (nSPS) is 12.0. The third kappa shape index (κ3) is 3.38. The van der Waals surface area contributed by atoms with Crippen molar-refractivity contribution in [2.24, 2.45) is 0 Å². The minimum Gasteiger partial charge on any atom is -0.454 e. The summed E-state index contributed by atoms with van der Waals surface area (Å²) in [7, 11) is 0. The number of hydrogen-bond acceptors (Lipinski definition) is 6. The van der Waals surface area contributed by atoms with Crippen molar-refractivity contribution < 1.29 is 14.3 Å². The molecule has 126 valence electrons. The molecule has 25 heavy (non-hydrogen) atoms. The minimum absolute atomic E-state index is 0.223. The van der Waals surface area contributed by atoms with Crippen LogP contribution in [0.5, 0.6) is 11.5 Å². The van der Waals surface area contributed by atoms with Crippen molar-refractivity contribution in [2.75, 3.05) is 17.4 Å². The molecule has 1 aliphatic rings. The molecule has 0 bridgehead atoms. The largest absolute Gasteiger partial charge is 0.454 e. The molecule has 2 aromatic carbocycles. The van der Waals surface area contributed by atoms with Crippen LogP contribution in [0.25, 0.3) is 10.6 Å². The SMILES string of the molecule is Cc1ccc(NC(=O)Nc2nnc(-c3ccc4c(c3)OCO4)s2)cc1. The number of hydrogen-bond donors (Lipinski definition) is 2. The van der Waals surface area contributed by atoms with Gasteiger partial charge < -0.3 is 14.8 Å². The van der Waals surface area contributed by atoms with E-state index < -0.39 is 0 Å². The van der Waals surface area contributed by atoms with Gasteiger partial charge in [0.15, 0.2) is 11.5 Å². The Morgan fingerprint density at radius 1 is 1.04 bits per heavy atom. The van der Waals surface area contributed by atoms with Crippen LogP contribution in [0.1, 0.15) is 5.56 Å². The molecule has 1 aliphatic heterocycles. The zero-order chi connectivity index (χ0) is 17.2. The highest BCUT2D eigenvalue weighted by molar-refractivity contribution is 7.18. The summed E-state index contributed by atoms with van der Waals surface area (Å²) in [5.74, 6) is 1.39. The van der Waals surface area contributed by atoms with Gasteiger partial charge in [-0.05, 0) is 37.3 Å². The zero-order valence-electron chi connectivity index (χ0n) is 13.3. The highest BCUT2D eigenvalue weighted by atomic mass is 32.1. The summed E-state index contributed by atoms with van der Waals surface area (Å²) >= 11 is 1.28. The Morgan fingerprint density at radius 3 is 2.68 bits per heavy atom. The monoisotopic (exact) mass is 354 g/mol. The summed E-state index contributed by atoms with van der Waals surface area (Å²) in [6.07, 6.45) is 0. The molecule has 0 fully saturated rings. The summed E-state index contributed by atoms with van der Waals surface area (Å²) in [6, 6.07) is 12.7. The lowest BCUT2D eigenvalue weighted by molar-refractivity contribution is 0.174. The molecule has 0 saturated heterocycles. The third-order valence-electron chi connectivity index (χ3n) is 3.57. The van der Waals surface area contributed by atoms with Gasteiger partial charge in [0.2, 0.25) is 11.9 Å². The molecule has 0 radical (unpaired) electrons. The van der Waals surface area contributed by atoms with E-state index >= 15 is 0 Å². The Bertz CT molecular complexity index is 924. The van der Waals surface area contributed by atoms with E-state index in [1.54, 1.807) is 0 Å². The fourth-order valence-corrected chi connectivity index (χ4v) is 3.05. The molecular weight excluding hydrogens is 340 g/mol. The molecule has 2 heterocycles. The first-order chi connectivity index (χ1) is 12.2. The van der Waals surface area contributed by atoms with Gasteiger partial charge in [-0.1, -0.05) is 29.0 Å². The van der Waals surface area contributed by atoms with Crippen molar-refractivity contribution in [3.63, 3.8) is 0 Å². The second-order valence-corrected chi connectivity index (χ2v) is 6.40. The lowest BCUT2D eigenvalue weighted by Crippen LogP contribution is -2.19. The van der Waals surface area contributed by atoms with Gasteiger partial charge in [0, 0.05) is 11.3 Å². The molecule has 4 rings (SSSR count). The highest BCUT2D eigenvalue weighted by Gasteiger charge is 2.16. The molecule has 0 saturated carbocycles. The van der Waals surface area contributed by atoms with Crippen molar-refractivity contribution in [1.82, 2.24) is 10.2 Å². The first kappa shape index (κ1) is 15.4. The Kier molecular flexibility index (Phi) is 3.95. The number of nitrogens with one attached hydrogen (secondary N) is 2. The highest BCUT2D eigenvalue weighted by Crippen LogP contribution is 2.37. The summed E-state index contributed by atoms with van der Waals surface area (Å²) in [5, 5.41) is 14.7. The lowest BCUT2D eigenvalue weighted by Gasteiger charge is -2.05. The van der Waals surface area contributed by atoms with E-state index in [0.29, 0.717) is 27.3 Å². The average Bonchev–Trinajstić information content (AvgIpc) is 3.25. The molecule has 8 heteroatoms. The Morgan fingerprint density at radius 2 is 1.84 bits per heavy atom. The Balaban J connectivity index is 1.44. The smallest absolute Gasteiger partial charge is 0.325 e. The predicted molar refractivity (Wildman–Crippen MR) is 95.3 cm³/mol. The molecule has 2 amide bonds. The molecule has 0 unspecified atom stereocenters. The second kappa shape index (κ2) is 6.40. The number of benzene rings is 2. The lowest BCUT2D eigenvalue weighted by atomic mass is 10.2. The van der Waals surface area contributed by atoms with Gasteiger partial charge in [-0.3, -0.25) is 5.32 Å². The van der Waals surface area contributed by atoms with Crippen molar-refractivity contribution in [3.05, 3.63) is 48.0 Å². The fraction of sp³-hybridized carbons (Fsp3) is 0.118. The number of fused-ring (bicyclic) bond motifs is 1. The summed E-state index contributed by atoms with van der Waals surface area (Å²) < 4.78 is 10.7. The van der Waals surface area contributed by atoms with Crippen LogP contribution >= 0.6 is 11.3 Å². The quantitative estimate of drug-likeness (QED) is 0.745. The van der Waals surface area contributed by atoms with Crippen LogP contribution in [0.4, 0.5) is 15.6 Å². The van der Waals surface area contributed by atoms with E-state index in [1.807, 2.05) is 49.4 Å². The standard InChI is InChI=1S/C17H14N4O3S/c1-10-2-5-12(6-3-10)18-16(22)19-17-21-20-15(25-17)11-4-7-13-14(8-11)24-9-23-13/h2-8H,9H2,1H3,(H2,18,19,21,22). The van der Waals surface area contributed by atoms with Crippen molar-refractivity contribution in [2.45, 2.75) is 6.92 Å². The summed E-state index contributed by atoms with van der Waals surface area (Å²) in [5.41, 5.74) is 2.70. The van der Waals surface area contributed by atoms with Crippen LogP contribution < -0.4 is 20.1 Å². The van der Waals surface area contributed by atoms with Gasteiger partial charge in [0.1, 0.15) is 5.01 Å². The number of rotatable bonds is 3. The van der Waals surface area contributed by atoms with E-state index in [-0.39, 0.29) is 12.8 Å². The maximum atomic E-state index is 12.0. The van der Waals surface area contributed by atoms with Gasteiger partial charge in [-0.2, -0.15) is 0 Å². The van der Waals surface area contributed by atoms with Crippen molar-refractivity contribution in [1.29, 1.82) is 0 Å². The van der Waals surface area contributed by atoms with Gasteiger partial charge in [0.25, 0.3) is 0 Å². The molecule has 2 N–H and O–H groups in total. The molecule has 3 aromatic rings. The van der Waals surface area contributed by atoms with Crippen LogP contribution in [0.2, 0.25) is 0 Å². The predicted octanol–water partition coefficient (Wildman–Crippen LogP) is 3.89. The van der Waals surface area contributed by atoms with Gasteiger partial charge in [-0.25, -0.2) is 4.79 Å². The molecule has 7 nitrogen and oxygen atoms in total. The van der Waals surface area contributed by atoms with E-state index in [1.165, 1.54) is 11.3 Å². The molecular formula is C17H14N4O3S.